The summed E-state index contributed by atoms with van der Waals surface area (Å²) in [4.78, 5) is 23.9. The molecule has 21 heavy (non-hydrogen) atoms. The van der Waals surface area contributed by atoms with Gasteiger partial charge in [-0.05, 0) is 17.5 Å². The molecule has 2 heterocycles. The number of benzene rings is 1. The Morgan fingerprint density at radius 2 is 2.10 bits per heavy atom. The van der Waals surface area contributed by atoms with Crippen molar-refractivity contribution in [3.05, 3.63) is 52.2 Å². The van der Waals surface area contributed by atoms with E-state index in [1.54, 1.807) is 34.2 Å². The lowest BCUT2D eigenvalue weighted by Crippen LogP contribution is -2.40. The van der Waals surface area contributed by atoms with Crippen LogP contribution in [0.5, 0.6) is 0 Å². The van der Waals surface area contributed by atoms with E-state index in [-0.39, 0.29) is 11.5 Å². The van der Waals surface area contributed by atoms with E-state index in [2.05, 4.69) is 5.43 Å². The van der Waals surface area contributed by atoms with E-state index in [0.717, 1.165) is 10.6 Å². The number of amides is 1. The fourth-order valence-electron chi connectivity index (χ4n) is 2.27. The zero-order valence-electron chi connectivity index (χ0n) is 11.1. The van der Waals surface area contributed by atoms with Gasteiger partial charge in [0.05, 0.1) is 10.4 Å². The normalized spacial score (nSPS) is 15.0. The molecular formula is C15H13N2O3S+. The van der Waals surface area contributed by atoms with Crippen LogP contribution in [0.15, 0.2) is 41.8 Å². The van der Waals surface area contributed by atoms with Gasteiger partial charge in [-0.2, -0.15) is 0 Å². The topological polar surface area (TPSA) is 69.4 Å². The SMILES string of the molecule is O=C1CCC(c2cccs2)=[N+](c2cccc(C(=O)O)c2)N1. The first-order chi connectivity index (χ1) is 10.1. The van der Waals surface area contributed by atoms with Gasteiger partial charge >= 0.3 is 5.97 Å². The van der Waals surface area contributed by atoms with Crippen LogP contribution in [0.4, 0.5) is 5.69 Å². The third-order valence-corrected chi connectivity index (χ3v) is 4.17. The molecule has 0 bridgehead atoms. The van der Waals surface area contributed by atoms with Crippen molar-refractivity contribution in [1.82, 2.24) is 5.43 Å². The van der Waals surface area contributed by atoms with E-state index in [0.29, 0.717) is 18.5 Å². The molecule has 1 aromatic heterocycles. The summed E-state index contributed by atoms with van der Waals surface area (Å²) < 4.78 is 1.68. The predicted octanol–water partition coefficient (Wildman–Crippen LogP) is 2.40. The van der Waals surface area contributed by atoms with Crippen LogP contribution in [0.2, 0.25) is 0 Å². The van der Waals surface area contributed by atoms with Crippen LogP contribution in [-0.2, 0) is 4.79 Å². The van der Waals surface area contributed by atoms with Crippen molar-refractivity contribution in [2.75, 3.05) is 0 Å². The van der Waals surface area contributed by atoms with Crippen molar-refractivity contribution in [3.8, 4) is 0 Å². The van der Waals surface area contributed by atoms with Crippen molar-refractivity contribution in [3.63, 3.8) is 0 Å². The van der Waals surface area contributed by atoms with E-state index in [9.17, 15) is 9.59 Å². The molecule has 1 amide bonds. The zero-order valence-corrected chi connectivity index (χ0v) is 11.9. The maximum atomic E-state index is 11.7. The lowest BCUT2D eigenvalue weighted by molar-refractivity contribution is -0.496. The molecule has 0 fully saturated rings. The number of aromatic carboxylic acids is 1. The number of nitrogens with one attached hydrogen (secondary N) is 1. The Morgan fingerprint density at radius 1 is 1.24 bits per heavy atom. The lowest BCUT2D eigenvalue weighted by atomic mass is 10.1. The molecule has 5 nitrogen and oxygen atoms in total. The van der Waals surface area contributed by atoms with Crippen molar-refractivity contribution in [2.45, 2.75) is 12.8 Å². The highest BCUT2D eigenvalue weighted by molar-refractivity contribution is 7.12. The van der Waals surface area contributed by atoms with Crippen LogP contribution >= 0.6 is 11.3 Å². The summed E-state index contributed by atoms with van der Waals surface area (Å²) in [6.07, 6.45) is 1.06. The van der Waals surface area contributed by atoms with Gasteiger partial charge in [-0.3, -0.25) is 4.79 Å². The Bertz CT molecular complexity index is 735. The van der Waals surface area contributed by atoms with Gasteiger partial charge in [0.25, 0.3) is 5.91 Å². The molecule has 0 unspecified atom stereocenters. The third-order valence-electron chi connectivity index (χ3n) is 3.25. The molecule has 0 saturated carbocycles. The molecule has 2 N–H and O–H groups in total. The summed E-state index contributed by atoms with van der Waals surface area (Å²) in [5.74, 6) is -1.06. The highest BCUT2D eigenvalue weighted by Crippen LogP contribution is 2.21. The minimum Gasteiger partial charge on any atom is -0.478 e. The van der Waals surface area contributed by atoms with Crippen molar-refractivity contribution < 1.29 is 19.4 Å². The molecule has 1 aliphatic heterocycles. The molecule has 0 aliphatic carbocycles. The number of thiophene rings is 1. The number of hydrazone groups is 1. The van der Waals surface area contributed by atoms with E-state index in [4.69, 9.17) is 5.11 Å². The Morgan fingerprint density at radius 3 is 2.81 bits per heavy atom. The highest BCUT2D eigenvalue weighted by atomic mass is 32.1. The molecule has 6 heteroatoms. The molecule has 106 valence electrons. The number of carboxylic acid groups (broad SMARTS) is 1. The molecule has 3 rings (SSSR count). The van der Waals surface area contributed by atoms with Crippen LogP contribution in [0.25, 0.3) is 0 Å². The summed E-state index contributed by atoms with van der Waals surface area (Å²) in [5, 5.41) is 11.1. The van der Waals surface area contributed by atoms with Crippen LogP contribution in [0.3, 0.4) is 0 Å². The number of nitrogens with zero attached hydrogens (tertiary/aromatic N) is 1. The summed E-state index contributed by atoms with van der Waals surface area (Å²) >= 11 is 1.59. The van der Waals surface area contributed by atoms with Crippen LogP contribution in [-0.4, -0.2) is 27.4 Å². The first kappa shape index (κ1) is 13.5. The average Bonchev–Trinajstić information content (AvgIpc) is 3.01. The molecule has 0 spiro atoms. The second-order valence-electron chi connectivity index (χ2n) is 4.65. The van der Waals surface area contributed by atoms with Gasteiger partial charge in [0.15, 0.2) is 0 Å². The molecular weight excluding hydrogens is 288 g/mol. The number of carbonyl (C=O) groups excluding carboxylic acids is 1. The average molecular weight is 301 g/mol. The molecule has 0 saturated heterocycles. The van der Waals surface area contributed by atoms with Crippen LogP contribution in [0.1, 0.15) is 28.1 Å². The van der Waals surface area contributed by atoms with Crippen molar-refractivity contribution in [2.24, 2.45) is 0 Å². The van der Waals surface area contributed by atoms with Gasteiger partial charge < -0.3 is 5.11 Å². The van der Waals surface area contributed by atoms with Gasteiger partial charge in [-0.25, -0.2) is 4.79 Å². The molecule has 1 aliphatic rings. The fraction of sp³-hybridized carbons (Fsp3) is 0.133. The number of hydrogen-bond donors (Lipinski definition) is 2. The van der Waals surface area contributed by atoms with Crippen LogP contribution < -0.4 is 5.43 Å². The summed E-state index contributed by atoms with van der Waals surface area (Å²) in [7, 11) is 0. The van der Waals surface area contributed by atoms with Gasteiger partial charge in [0.2, 0.25) is 11.4 Å². The molecule has 0 radical (unpaired) electrons. The van der Waals surface area contributed by atoms with E-state index >= 15 is 0 Å². The minimum atomic E-state index is -0.988. The van der Waals surface area contributed by atoms with E-state index in [1.807, 2.05) is 17.5 Å². The quantitative estimate of drug-likeness (QED) is 0.855. The Hall–Kier alpha value is -2.47. The maximum Gasteiger partial charge on any atom is 0.335 e. The van der Waals surface area contributed by atoms with Crippen LogP contribution in [0, 0.1) is 0 Å². The largest absolute Gasteiger partial charge is 0.478 e. The zero-order chi connectivity index (χ0) is 14.8. The molecule has 2 aromatic rings. The first-order valence-electron chi connectivity index (χ1n) is 6.48. The van der Waals surface area contributed by atoms with Gasteiger partial charge in [-0.1, -0.05) is 16.8 Å². The number of hydrazine groups is 1. The Balaban J connectivity index is 2.13. The number of carboxylic acids is 1. The second-order valence-corrected chi connectivity index (χ2v) is 5.60. The fourth-order valence-corrected chi connectivity index (χ4v) is 3.06. The van der Waals surface area contributed by atoms with Crippen molar-refractivity contribution in [1.29, 1.82) is 0 Å². The predicted molar refractivity (Wildman–Crippen MR) is 79.1 cm³/mol. The summed E-state index contributed by atoms with van der Waals surface area (Å²) in [5.41, 5.74) is 4.62. The Kier molecular flexibility index (Phi) is 3.53. The van der Waals surface area contributed by atoms with Gasteiger partial charge in [0, 0.05) is 25.0 Å². The van der Waals surface area contributed by atoms with E-state index in [1.165, 1.54) is 6.07 Å². The third kappa shape index (κ3) is 2.71. The second kappa shape index (κ2) is 5.49. The van der Waals surface area contributed by atoms with E-state index < -0.39 is 5.97 Å². The summed E-state index contributed by atoms with van der Waals surface area (Å²) in [6, 6.07) is 10.5. The summed E-state index contributed by atoms with van der Waals surface area (Å²) in [6.45, 7) is 0. The van der Waals surface area contributed by atoms with Gasteiger partial charge in [0.1, 0.15) is 0 Å². The number of carbonyl (C=O) groups is 2. The minimum absolute atomic E-state index is 0.0731. The molecule has 1 aromatic carbocycles. The molecule has 0 atom stereocenters. The highest BCUT2D eigenvalue weighted by Gasteiger charge is 2.29. The standard InChI is InChI=1S/C15H12N2O3S/c18-14-7-6-12(13-5-2-8-21-13)17(16-14)11-4-1-3-10(9-11)15(19)20/h1-5,8-9H,6-7H2,(H-,16,18,19,20)/p+1. The van der Waals surface area contributed by atoms with Crippen molar-refractivity contribution >= 4 is 34.6 Å². The lowest BCUT2D eigenvalue weighted by Gasteiger charge is -2.13. The number of rotatable bonds is 3. The van der Waals surface area contributed by atoms with Gasteiger partial charge in [-0.15, -0.1) is 16.8 Å². The first-order valence-corrected chi connectivity index (χ1v) is 7.36. The number of hydrogen-bond acceptors (Lipinski definition) is 3. The Labute approximate surface area is 125 Å². The monoisotopic (exact) mass is 301 g/mol. The smallest absolute Gasteiger partial charge is 0.335 e. The maximum absolute atomic E-state index is 11.7.